The summed E-state index contributed by atoms with van der Waals surface area (Å²) < 4.78 is 10.3. The van der Waals surface area contributed by atoms with Crippen LogP contribution in [0.15, 0.2) is 4.52 Å². The molecule has 0 bridgehead atoms. The Morgan fingerprint density at radius 1 is 1.50 bits per heavy atom. The number of carbonyl (C=O) groups excluding carboxylic acids is 1. The topological polar surface area (TPSA) is 71.7 Å². The van der Waals surface area contributed by atoms with E-state index in [1.165, 1.54) is 0 Å². The Balaban J connectivity index is 1.75. The van der Waals surface area contributed by atoms with Gasteiger partial charge in [-0.15, -0.1) is 0 Å². The summed E-state index contributed by atoms with van der Waals surface area (Å²) in [5.41, 5.74) is 0. The minimum Gasteiger partial charge on any atom is -0.362 e. The monoisotopic (exact) mass is 282 g/mol. The van der Waals surface area contributed by atoms with Gasteiger partial charge in [0.25, 0.3) is 5.89 Å². The van der Waals surface area contributed by atoms with Crippen LogP contribution in [0, 0.1) is 12.8 Å². The van der Waals surface area contributed by atoms with E-state index in [9.17, 15) is 4.79 Å². The number of hydrogen-bond acceptors (Lipinski definition) is 6. The maximum Gasteiger partial charge on any atom is 0.252 e. The fourth-order valence-corrected chi connectivity index (χ4v) is 2.54. The van der Waals surface area contributed by atoms with Gasteiger partial charge in [-0.25, -0.2) is 0 Å². The van der Waals surface area contributed by atoms with Crippen molar-refractivity contribution < 1.29 is 14.1 Å². The van der Waals surface area contributed by atoms with Crippen LogP contribution in [0.3, 0.4) is 0 Å². The molecule has 2 heterocycles. The molecule has 20 heavy (non-hydrogen) atoms. The van der Waals surface area contributed by atoms with Crippen molar-refractivity contribution in [1.82, 2.24) is 19.9 Å². The molecule has 0 aromatic carbocycles. The van der Waals surface area contributed by atoms with Crippen molar-refractivity contribution in [3.8, 4) is 0 Å². The molecule has 2 atom stereocenters. The Hall–Kier alpha value is -1.47. The fraction of sp³-hybridized carbons (Fsp3) is 0.769. The van der Waals surface area contributed by atoms with Crippen molar-refractivity contribution in [1.29, 1.82) is 0 Å². The van der Waals surface area contributed by atoms with E-state index < -0.39 is 0 Å². The molecule has 0 spiro atoms. The molecule has 0 aliphatic carbocycles. The molecule has 0 unspecified atom stereocenters. The molecule has 1 aliphatic heterocycles. The van der Waals surface area contributed by atoms with Gasteiger partial charge in [0.1, 0.15) is 13.2 Å². The van der Waals surface area contributed by atoms with E-state index >= 15 is 0 Å². The first-order valence-corrected chi connectivity index (χ1v) is 6.78. The second kappa shape index (κ2) is 6.32. The summed E-state index contributed by atoms with van der Waals surface area (Å²) in [5, 5.41) is 3.66. The highest BCUT2D eigenvalue weighted by molar-refractivity contribution is 5.77. The Bertz CT molecular complexity index is 460. The normalized spacial score (nSPS) is 22.8. The number of likely N-dealkylation sites (tertiary alicyclic amines) is 1. The minimum atomic E-state index is 0.0115. The van der Waals surface area contributed by atoms with Gasteiger partial charge in [0.15, 0.2) is 5.82 Å². The van der Waals surface area contributed by atoms with E-state index in [0.717, 1.165) is 13.1 Å². The van der Waals surface area contributed by atoms with Crippen molar-refractivity contribution in [2.24, 2.45) is 5.92 Å². The van der Waals surface area contributed by atoms with Gasteiger partial charge < -0.3 is 19.1 Å². The molecule has 7 nitrogen and oxygen atoms in total. The van der Waals surface area contributed by atoms with E-state index in [2.05, 4.69) is 22.0 Å². The van der Waals surface area contributed by atoms with Gasteiger partial charge in [0, 0.05) is 19.1 Å². The molecule has 1 fully saturated rings. The SMILES string of the molecule is Cc1noc(COCC(=O)N2C[C@H](C)[C@@H](N(C)C)C2)n1. The lowest BCUT2D eigenvalue weighted by molar-refractivity contribution is -0.136. The van der Waals surface area contributed by atoms with Gasteiger partial charge in [0.05, 0.1) is 0 Å². The van der Waals surface area contributed by atoms with Crippen LogP contribution in [0.2, 0.25) is 0 Å². The molecule has 1 amide bonds. The summed E-state index contributed by atoms with van der Waals surface area (Å²) in [7, 11) is 4.09. The van der Waals surface area contributed by atoms with Crippen molar-refractivity contribution in [2.75, 3.05) is 33.8 Å². The highest BCUT2D eigenvalue weighted by Crippen LogP contribution is 2.19. The molecule has 0 radical (unpaired) electrons. The number of aryl methyl sites for hydroxylation is 1. The Morgan fingerprint density at radius 2 is 2.25 bits per heavy atom. The average molecular weight is 282 g/mol. The van der Waals surface area contributed by atoms with Crippen molar-refractivity contribution in [3.63, 3.8) is 0 Å². The van der Waals surface area contributed by atoms with Gasteiger partial charge in [-0.1, -0.05) is 12.1 Å². The highest BCUT2D eigenvalue weighted by Gasteiger charge is 2.33. The maximum absolute atomic E-state index is 12.1. The summed E-state index contributed by atoms with van der Waals surface area (Å²) in [6.07, 6.45) is 0. The third-order valence-corrected chi connectivity index (χ3v) is 3.61. The number of likely N-dealkylation sites (N-methyl/N-ethyl adjacent to an activating group) is 1. The van der Waals surface area contributed by atoms with Gasteiger partial charge in [-0.3, -0.25) is 4.79 Å². The lowest BCUT2D eigenvalue weighted by Crippen LogP contribution is -2.36. The molecule has 1 aromatic heterocycles. The van der Waals surface area contributed by atoms with Crippen LogP contribution in [0.5, 0.6) is 0 Å². The zero-order valence-corrected chi connectivity index (χ0v) is 12.5. The highest BCUT2D eigenvalue weighted by atomic mass is 16.5. The molecule has 1 aliphatic rings. The van der Waals surface area contributed by atoms with Crippen LogP contribution < -0.4 is 0 Å². The van der Waals surface area contributed by atoms with Crippen molar-refractivity contribution in [2.45, 2.75) is 26.5 Å². The van der Waals surface area contributed by atoms with Gasteiger partial charge in [-0.2, -0.15) is 4.98 Å². The van der Waals surface area contributed by atoms with Crippen molar-refractivity contribution >= 4 is 5.91 Å². The van der Waals surface area contributed by atoms with Crippen LogP contribution in [0.1, 0.15) is 18.6 Å². The summed E-state index contributed by atoms with van der Waals surface area (Å²) in [6.45, 7) is 5.67. The van der Waals surface area contributed by atoms with Gasteiger partial charge >= 0.3 is 0 Å². The first-order chi connectivity index (χ1) is 9.47. The first-order valence-electron chi connectivity index (χ1n) is 6.78. The van der Waals surface area contributed by atoms with E-state index in [1.54, 1.807) is 6.92 Å². The first kappa shape index (κ1) is 14.9. The number of rotatable bonds is 5. The number of aromatic nitrogens is 2. The van der Waals surface area contributed by atoms with Crippen LogP contribution in [-0.2, 0) is 16.1 Å². The molecule has 0 N–H and O–H groups in total. The standard InChI is InChI=1S/C13H22N4O3/c1-9-5-17(6-11(9)16(3)4)13(18)8-19-7-12-14-10(2)15-20-12/h9,11H,5-8H2,1-4H3/t9-,11-/m0/s1. The smallest absolute Gasteiger partial charge is 0.252 e. The van der Waals surface area contributed by atoms with E-state index in [-0.39, 0.29) is 19.1 Å². The zero-order chi connectivity index (χ0) is 14.7. The Labute approximate surface area is 118 Å². The van der Waals surface area contributed by atoms with E-state index in [4.69, 9.17) is 9.26 Å². The molecule has 0 saturated carbocycles. The zero-order valence-electron chi connectivity index (χ0n) is 12.5. The van der Waals surface area contributed by atoms with Crippen LogP contribution in [0.25, 0.3) is 0 Å². The largest absolute Gasteiger partial charge is 0.362 e. The molecule has 112 valence electrons. The minimum absolute atomic E-state index is 0.0115. The van der Waals surface area contributed by atoms with E-state index in [0.29, 0.717) is 23.7 Å². The predicted octanol–water partition coefficient (Wildman–Crippen LogP) is 0.303. The molecular weight excluding hydrogens is 260 g/mol. The second-order valence-corrected chi connectivity index (χ2v) is 5.54. The second-order valence-electron chi connectivity index (χ2n) is 5.54. The number of ether oxygens (including phenoxy) is 1. The van der Waals surface area contributed by atoms with Crippen LogP contribution in [0.4, 0.5) is 0 Å². The summed E-state index contributed by atoms with van der Waals surface area (Å²) >= 11 is 0. The molecule has 7 heteroatoms. The molecule has 2 rings (SSSR count). The Kier molecular flexibility index (Phi) is 4.72. The predicted molar refractivity (Wildman–Crippen MR) is 71.9 cm³/mol. The maximum atomic E-state index is 12.1. The lowest BCUT2D eigenvalue weighted by atomic mass is 10.1. The van der Waals surface area contributed by atoms with Crippen LogP contribution >= 0.6 is 0 Å². The van der Waals surface area contributed by atoms with Crippen molar-refractivity contribution in [3.05, 3.63) is 11.7 Å². The molecular formula is C13H22N4O3. The third-order valence-electron chi connectivity index (χ3n) is 3.61. The fourth-order valence-electron chi connectivity index (χ4n) is 2.54. The lowest BCUT2D eigenvalue weighted by Gasteiger charge is -2.22. The number of hydrogen-bond donors (Lipinski definition) is 0. The summed E-state index contributed by atoms with van der Waals surface area (Å²) in [5.74, 6) is 1.46. The van der Waals surface area contributed by atoms with Gasteiger partial charge in [-0.05, 0) is 26.9 Å². The summed E-state index contributed by atoms with van der Waals surface area (Å²) in [6, 6.07) is 0.414. The van der Waals surface area contributed by atoms with Gasteiger partial charge in [0.2, 0.25) is 5.91 Å². The number of carbonyl (C=O) groups is 1. The van der Waals surface area contributed by atoms with Crippen LogP contribution in [-0.4, -0.2) is 65.7 Å². The van der Waals surface area contributed by atoms with E-state index in [1.807, 2.05) is 19.0 Å². The molecule has 1 aromatic rings. The third kappa shape index (κ3) is 3.55. The number of nitrogens with zero attached hydrogens (tertiary/aromatic N) is 4. The summed E-state index contributed by atoms with van der Waals surface area (Å²) in [4.78, 5) is 20.1. The Morgan fingerprint density at radius 3 is 2.80 bits per heavy atom. The molecule has 1 saturated heterocycles. The average Bonchev–Trinajstić information content (AvgIpc) is 2.95. The number of amides is 1. The quantitative estimate of drug-likeness (QED) is 0.773.